The first-order valence-electron chi connectivity index (χ1n) is 8.81. The van der Waals surface area contributed by atoms with E-state index < -0.39 is 5.79 Å². The van der Waals surface area contributed by atoms with Crippen LogP contribution in [-0.2, 0) is 9.47 Å². The SMILES string of the molecule is Cc1cc(C)c(Nc2nncc(N3CCC4(CC3)OCCO4)n2)c(Cl)c1. The van der Waals surface area contributed by atoms with Gasteiger partial charge in [-0.3, -0.25) is 0 Å². The largest absolute Gasteiger partial charge is 0.355 e. The van der Waals surface area contributed by atoms with Crippen molar-refractivity contribution in [2.45, 2.75) is 32.5 Å². The zero-order chi connectivity index (χ0) is 18.1. The Kier molecular flexibility index (Phi) is 4.69. The minimum atomic E-state index is -0.398. The molecular formula is C18H22ClN5O2. The molecule has 1 spiro atoms. The van der Waals surface area contributed by atoms with Crippen LogP contribution in [0, 0.1) is 13.8 Å². The first kappa shape index (κ1) is 17.5. The molecule has 8 heteroatoms. The van der Waals surface area contributed by atoms with Crippen LogP contribution in [0.5, 0.6) is 0 Å². The highest BCUT2D eigenvalue weighted by Gasteiger charge is 2.40. The number of halogens is 1. The number of anilines is 3. The summed E-state index contributed by atoms with van der Waals surface area (Å²) in [4.78, 5) is 6.79. The van der Waals surface area contributed by atoms with Gasteiger partial charge >= 0.3 is 0 Å². The van der Waals surface area contributed by atoms with Crippen LogP contribution in [0.15, 0.2) is 18.3 Å². The van der Waals surface area contributed by atoms with Crippen molar-refractivity contribution in [2.75, 3.05) is 36.5 Å². The number of rotatable bonds is 3. The van der Waals surface area contributed by atoms with Gasteiger partial charge in [-0.2, -0.15) is 10.1 Å². The smallest absolute Gasteiger partial charge is 0.249 e. The lowest BCUT2D eigenvalue weighted by molar-refractivity contribution is -0.169. The van der Waals surface area contributed by atoms with Gasteiger partial charge < -0.3 is 19.7 Å². The van der Waals surface area contributed by atoms with Crippen molar-refractivity contribution in [3.8, 4) is 0 Å². The third-order valence-corrected chi connectivity index (χ3v) is 5.18. The second kappa shape index (κ2) is 6.98. The molecule has 2 aromatic rings. The molecule has 2 aliphatic rings. The molecular weight excluding hydrogens is 354 g/mol. The molecule has 2 fully saturated rings. The van der Waals surface area contributed by atoms with Crippen LogP contribution in [0.2, 0.25) is 5.02 Å². The summed E-state index contributed by atoms with van der Waals surface area (Å²) in [5, 5.41) is 12.0. The lowest BCUT2D eigenvalue weighted by atomic mass is 10.0. The monoisotopic (exact) mass is 375 g/mol. The highest BCUT2D eigenvalue weighted by Crippen LogP contribution is 2.33. The van der Waals surface area contributed by atoms with E-state index in [1.54, 1.807) is 6.20 Å². The predicted molar refractivity (Wildman–Crippen MR) is 100 cm³/mol. The molecule has 0 radical (unpaired) electrons. The number of hydrogen-bond donors (Lipinski definition) is 1. The lowest BCUT2D eigenvalue weighted by Crippen LogP contribution is -2.45. The van der Waals surface area contributed by atoms with Crippen LogP contribution in [0.25, 0.3) is 0 Å². The first-order chi connectivity index (χ1) is 12.5. The number of hydrogen-bond acceptors (Lipinski definition) is 7. The Hall–Kier alpha value is -1.96. The molecule has 2 aliphatic heterocycles. The van der Waals surface area contributed by atoms with Crippen LogP contribution in [0.1, 0.15) is 24.0 Å². The van der Waals surface area contributed by atoms with Gasteiger partial charge in [0.25, 0.3) is 0 Å². The number of aryl methyl sites for hydroxylation is 2. The summed E-state index contributed by atoms with van der Waals surface area (Å²) in [6.45, 7) is 7.00. The van der Waals surface area contributed by atoms with E-state index in [4.69, 9.17) is 21.1 Å². The van der Waals surface area contributed by atoms with Crippen LogP contribution >= 0.6 is 11.6 Å². The van der Waals surface area contributed by atoms with Crippen molar-refractivity contribution in [2.24, 2.45) is 0 Å². The van der Waals surface area contributed by atoms with Crippen LogP contribution in [0.4, 0.5) is 17.5 Å². The predicted octanol–water partition coefficient (Wildman–Crippen LogP) is 3.23. The normalized spacial score (nSPS) is 19.1. The van der Waals surface area contributed by atoms with Gasteiger partial charge in [0.1, 0.15) is 0 Å². The molecule has 3 heterocycles. The van der Waals surface area contributed by atoms with Crippen molar-refractivity contribution < 1.29 is 9.47 Å². The molecule has 2 saturated heterocycles. The maximum absolute atomic E-state index is 6.37. The summed E-state index contributed by atoms with van der Waals surface area (Å²) in [6.07, 6.45) is 3.33. The van der Waals surface area contributed by atoms with E-state index in [0.717, 1.165) is 48.6 Å². The second-order valence-electron chi connectivity index (χ2n) is 6.80. The summed E-state index contributed by atoms with van der Waals surface area (Å²) in [5.74, 6) is 0.825. The Balaban J connectivity index is 1.49. The third-order valence-electron chi connectivity index (χ3n) is 4.88. The Bertz CT molecular complexity index is 777. The topological polar surface area (TPSA) is 72.4 Å². The zero-order valence-corrected chi connectivity index (χ0v) is 15.7. The number of nitrogens with zero attached hydrogens (tertiary/aromatic N) is 4. The molecule has 1 aromatic carbocycles. The Morgan fingerprint density at radius 2 is 1.88 bits per heavy atom. The molecule has 0 atom stereocenters. The minimum absolute atomic E-state index is 0.398. The van der Waals surface area contributed by atoms with Crippen LogP contribution in [0.3, 0.4) is 0 Å². The van der Waals surface area contributed by atoms with E-state index in [1.165, 1.54) is 0 Å². The van der Waals surface area contributed by atoms with Crippen molar-refractivity contribution in [1.82, 2.24) is 15.2 Å². The van der Waals surface area contributed by atoms with Gasteiger partial charge in [-0.25, -0.2) is 0 Å². The van der Waals surface area contributed by atoms with Gasteiger partial charge in [0.2, 0.25) is 5.95 Å². The number of benzene rings is 1. The summed E-state index contributed by atoms with van der Waals surface area (Å²) in [5.41, 5.74) is 2.96. The average Bonchev–Trinajstić information content (AvgIpc) is 3.07. The number of piperidine rings is 1. The fourth-order valence-corrected chi connectivity index (χ4v) is 3.92. The lowest BCUT2D eigenvalue weighted by Gasteiger charge is -2.37. The number of ether oxygens (including phenoxy) is 2. The maximum Gasteiger partial charge on any atom is 0.249 e. The highest BCUT2D eigenvalue weighted by atomic mass is 35.5. The molecule has 138 valence electrons. The zero-order valence-electron chi connectivity index (χ0n) is 15.0. The van der Waals surface area contributed by atoms with E-state index in [2.05, 4.69) is 31.5 Å². The molecule has 0 unspecified atom stereocenters. The highest BCUT2D eigenvalue weighted by molar-refractivity contribution is 6.33. The Morgan fingerprint density at radius 3 is 2.58 bits per heavy atom. The minimum Gasteiger partial charge on any atom is -0.355 e. The number of aromatic nitrogens is 3. The fourth-order valence-electron chi connectivity index (χ4n) is 3.55. The van der Waals surface area contributed by atoms with Gasteiger partial charge in [0.05, 0.1) is 30.1 Å². The van der Waals surface area contributed by atoms with E-state index in [-0.39, 0.29) is 0 Å². The maximum atomic E-state index is 6.37. The molecule has 4 rings (SSSR count). The van der Waals surface area contributed by atoms with Crippen LogP contribution < -0.4 is 10.2 Å². The van der Waals surface area contributed by atoms with Crippen molar-refractivity contribution in [1.29, 1.82) is 0 Å². The van der Waals surface area contributed by atoms with Crippen LogP contribution in [-0.4, -0.2) is 47.3 Å². The molecule has 7 nitrogen and oxygen atoms in total. The van der Waals surface area contributed by atoms with Gasteiger partial charge in [-0.1, -0.05) is 17.7 Å². The molecule has 0 amide bonds. The molecule has 0 saturated carbocycles. The van der Waals surface area contributed by atoms with E-state index in [1.807, 2.05) is 19.9 Å². The molecule has 1 aromatic heterocycles. The average molecular weight is 376 g/mol. The van der Waals surface area contributed by atoms with E-state index in [9.17, 15) is 0 Å². The second-order valence-corrected chi connectivity index (χ2v) is 7.20. The molecule has 0 aliphatic carbocycles. The summed E-state index contributed by atoms with van der Waals surface area (Å²) < 4.78 is 11.6. The number of nitrogens with one attached hydrogen (secondary N) is 1. The molecule has 26 heavy (non-hydrogen) atoms. The molecule has 1 N–H and O–H groups in total. The van der Waals surface area contributed by atoms with Gasteiger partial charge in [0, 0.05) is 25.9 Å². The van der Waals surface area contributed by atoms with E-state index >= 15 is 0 Å². The summed E-state index contributed by atoms with van der Waals surface area (Å²) in [6, 6.07) is 3.98. The van der Waals surface area contributed by atoms with Crippen molar-refractivity contribution >= 4 is 29.1 Å². The Morgan fingerprint density at radius 1 is 1.15 bits per heavy atom. The Labute approximate surface area is 157 Å². The van der Waals surface area contributed by atoms with Gasteiger partial charge in [0.15, 0.2) is 11.6 Å². The van der Waals surface area contributed by atoms with Gasteiger partial charge in [-0.05, 0) is 31.0 Å². The quantitative estimate of drug-likeness (QED) is 0.882. The van der Waals surface area contributed by atoms with Crippen molar-refractivity contribution in [3.63, 3.8) is 0 Å². The van der Waals surface area contributed by atoms with Crippen molar-refractivity contribution in [3.05, 3.63) is 34.5 Å². The first-order valence-corrected chi connectivity index (χ1v) is 9.19. The van der Waals surface area contributed by atoms with Gasteiger partial charge in [-0.15, -0.1) is 5.10 Å². The standard InChI is InChI=1S/C18H22ClN5O2/c1-12-9-13(2)16(14(19)10-12)22-17-21-15(11-20-23-17)24-5-3-18(4-6-24)25-7-8-26-18/h9-11H,3-8H2,1-2H3,(H,21,22,23). The summed E-state index contributed by atoms with van der Waals surface area (Å²) >= 11 is 6.37. The third kappa shape index (κ3) is 3.47. The fraction of sp³-hybridized carbons (Fsp3) is 0.500. The molecule has 0 bridgehead atoms. The van der Waals surface area contributed by atoms with E-state index in [0.29, 0.717) is 24.2 Å². The summed E-state index contributed by atoms with van der Waals surface area (Å²) in [7, 11) is 0.